The first-order valence-electron chi connectivity index (χ1n) is 20.2. The second-order valence-corrected chi connectivity index (χ2v) is 16.7. The Morgan fingerprint density at radius 2 is 1.11 bits per heavy atom. The third kappa shape index (κ3) is 12.9. The fourth-order valence-corrected chi connectivity index (χ4v) is 7.79. The van der Waals surface area contributed by atoms with Crippen molar-refractivity contribution in [1.29, 1.82) is 0 Å². The number of anilines is 4. The first kappa shape index (κ1) is 43.8. The molecule has 2 fully saturated rings. The van der Waals surface area contributed by atoms with Gasteiger partial charge in [0.2, 0.25) is 29.6 Å². The van der Waals surface area contributed by atoms with E-state index >= 15 is 0 Å². The number of nitrogens with two attached hydrogens (primary N) is 1. The van der Waals surface area contributed by atoms with Crippen molar-refractivity contribution in [3.63, 3.8) is 0 Å². The van der Waals surface area contributed by atoms with E-state index in [0.717, 1.165) is 83.1 Å². The van der Waals surface area contributed by atoms with E-state index in [1.54, 1.807) is 30.7 Å². The molecule has 0 bridgehead atoms. The lowest BCUT2D eigenvalue weighted by molar-refractivity contribution is -0.111. The molecule has 0 saturated carbocycles. The average Bonchev–Trinajstić information content (AvgIpc) is 3.31. The number of rotatable bonds is 14. The van der Waals surface area contributed by atoms with E-state index in [1.807, 2.05) is 79.0 Å². The van der Waals surface area contributed by atoms with Crippen LogP contribution in [0.4, 0.5) is 23.5 Å². The molecular weight excluding hydrogens is 821 g/mol. The first-order valence-corrected chi connectivity index (χ1v) is 21.8. The summed E-state index contributed by atoms with van der Waals surface area (Å²) >= 11 is 2.99. The molecular formula is C45H50N12O3S2. The van der Waals surface area contributed by atoms with Crippen molar-refractivity contribution in [3.8, 4) is 11.8 Å². The van der Waals surface area contributed by atoms with Gasteiger partial charge in [-0.3, -0.25) is 4.79 Å². The zero-order valence-corrected chi connectivity index (χ0v) is 36.5. The number of amides is 1. The molecule has 3 N–H and O–H groups in total. The maximum Gasteiger partial charge on any atom is 0.248 e. The van der Waals surface area contributed by atoms with Gasteiger partial charge >= 0.3 is 0 Å². The Labute approximate surface area is 370 Å². The van der Waals surface area contributed by atoms with Crippen molar-refractivity contribution < 1.29 is 14.3 Å². The van der Waals surface area contributed by atoms with Gasteiger partial charge in [-0.1, -0.05) is 90.8 Å². The summed E-state index contributed by atoms with van der Waals surface area (Å²) in [6.07, 6.45) is 8.29. The molecule has 1 amide bonds. The van der Waals surface area contributed by atoms with E-state index in [2.05, 4.69) is 65.5 Å². The van der Waals surface area contributed by atoms with E-state index in [0.29, 0.717) is 48.5 Å². The number of ether oxygens (including phenoxy) is 2. The molecule has 0 radical (unpaired) electrons. The highest BCUT2D eigenvalue weighted by Gasteiger charge is 2.21. The molecule has 8 rings (SSSR count). The molecule has 0 atom stereocenters. The van der Waals surface area contributed by atoms with Crippen molar-refractivity contribution in [2.75, 3.05) is 87.3 Å². The van der Waals surface area contributed by atoms with E-state index in [4.69, 9.17) is 25.2 Å². The van der Waals surface area contributed by atoms with Gasteiger partial charge in [0, 0.05) is 74.5 Å². The van der Waals surface area contributed by atoms with Crippen molar-refractivity contribution in [2.45, 2.75) is 32.8 Å². The van der Waals surface area contributed by atoms with Crippen LogP contribution in [0.3, 0.4) is 0 Å². The largest absolute Gasteiger partial charge is 0.472 e. The standard InChI is InChI=1S/C24H26N6O2S.C21H24N6OS/c1-3-22(31)27-21-10-9-19(15-25-21)33-20-16-26-24(30-13-11-29(2)12-14-30)28-23(20)32-17-18-7-5-4-6-8-18;1-26-9-11-27(12-10-26)21-24-14-18(29-17-7-8-19(22)23-13-17)20(25-21)28-15-16-5-3-2-4-6-16/h3-10,15-16H,1,11-14,17H2,2H3,(H,25,27,31);2-8,13-14H,9-12,15H2,1H3,(H2,22,23). The molecule has 0 aliphatic carbocycles. The molecule has 15 nitrogen and oxygen atoms in total. The van der Waals surface area contributed by atoms with E-state index in [1.165, 1.54) is 29.6 Å². The number of pyridine rings is 2. The maximum atomic E-state index is 11.5. The third-order valence-electron chi connectivity index (χ3n) is 9.82. The van der Waals surface area contributed by atoms with Gasteiger partial charge in [-0.05, 0) is 55.6 Å². The zero-order valence-electron chi connectivity index (χ0n) is 34.8. The molecule has 17 heteroatoms. The Morgan fingerprint density at radius 3 is 1.53 bits per heavy atom. The van der Waals surface area contributed by atoms with Gasteiger partial charge in [0.05, 0.1) is 22.2 Å². The predicted molar refractivity (Wildman–Crippen MR) is 245 cm³/mol. The highest BCUT2D eigenvalue weighted by atomic mass is 32.2. The average molecular weight is 871 g/mol. The van der Waals surface area contributed by atoms with Crippen LogP contribution in [0.25, 0.3) is 0 Å². The van der Waals surface area contributed by atoms with Crippen LogP contribution in [0.2, 0.25) is 0 Å². The topological polar surface area (TPSA) is 164 Å². The molecule has 0 spiro atoms. The number of carbonyl (C=O) groups is 1. The summed E-state index contributed by atoms with van der Waals surface area (Å²) in [6, 6.07) is 27.4. The van der Waals surface area contributed by atoms with Gasteiger partial charge in [0.1, 0.15) is 24.8 Å². The fraction of sp³-hybridized carbons (Fsp3) is 0.267. The molecule has 2 aliphatic heterocycles. The highest BCUT2D eigenvalue weighted by molar-refractivity contribution is 7.99. The van der Waals surface area contributed by atoms with Gasteiger partial charge in [-0.25, -0.2) is 19.9 Å². The molecule has 2 aromatic carbocycles. The quantitative estimate of drug-likeness (QED) is 0.115. The minimum Gasteiger partial charge on any atom is -0.472 e. The molecule has 320 valence electrons. The Morgan fingerprint density at radius 1 is 0.645 bits per heavy atom. The summed E-state index contributed by atoms with van der Waals surface area (Å²) in [7, 11) is 4.25. The Kier molecular flexibility index (Phi) is 15.6. The molecule has 6 aromatic rings. The second-order valence-electron chi connectivity index (χ2n) is 14.5. The Hall–Kier alpha value is -6.27. The van der Waals surface area contributed by atoms with Crippen LogP contribution < -0.4 is 30.3 Å². The summed E-state index contributed by atoms with van der Waals surface area (Å²) in [5.74, 6) is 3.17. The lowest BCUT2D eigenvalue weighted by atomic mass is 10.2. The number of nitrogen functional groups attached to an aromatic ring is 1. The van der Waals surface area contributed by atoms with E-state index < -0.39 is 0 Å². The molecule has 4 aromatic heterocycles. The summed E-state index contributed by atoms with van der Waals surface area (Å²) in [5, 5.41) is 2.64. The van der Waals surface area contributed by atoms with Crippen molar-refractivity contribution in [3.05, 3.63) is 133 Å². The van der Waals surface area contributed by atoms with Crippen molar-refractivity contribution in [2.24, 2.45) is 0 Å². The van der Waals surface area contributed by atoms with E-state index in [-0.39, 0.29) is 5.91 Å². The summed E-state index contributed by atoms with van der Waals surface area (Å²) < 4.78 is 12.3. The number of aromatic nitrogens is 6. The lowest BCUT2D eigenvalue weighted by Gasteiger charge is -2.32. The van der Waals surface area contributed by atoms with Gasteiger partial charge in [0.25, 0.3) is 0 Å². The third-order valence-corrected chi connectivity index (χ3v) is 11.8. The van der Waals surface area contributed by atoms with Gasteiger partial charge in [-0.2, -0.15) is 9.97 Å². The van der Waals surface area contributed by atoms with Gasteiger partial charge in [0.15, 0.2) is 0 Å². The van der Waals surface area contributed by atoms with E-state index in [9.17, 15) is 4.79 Å². The zero-order chi connectivity index (χ0) is 43.1. The number of carbonyl (C=O) groups excluding carboxylic acids is 1. The normalized spacial score (nSPS) is 14.4. The summed E-state index contributed by atoms with van der Waals surface area (Å²) in [5.41, 5.74) is 7.86. The predicted octanol–water partition coefficient (Wildman–Crippen LogP) is 6.41. The van der Waals surface area contributed by atoms with Crippen LogP contribution >= 0.6 is 23.5 Å². The first-order chi connectivity index (χ1) is 30.3. The number of piperazine rings is 2. The maximum absolute atomic E-state index is 11.5. The molecule has 0 unspecified atom stereocenters. The van der Waals surface area contributed by atoms with Crippen LogP contribution in [0.5, 0.6) is 11.8 Å². The molecule has 2 aliphatic rings. The number of nitrogens with zero attached hydrogens (tertiary/aromatic N) is 10. The number of nitrogens with one attached hydrogen (secondary N) is 1. The van der Waals surface area contributed by atoms with Crippen molar-refractivity contribution in [1.82, 2.24) is 39.7 Å². The SMILES string of the molecule is C=CC(=O)Nc1ccc(Sc2cnc(N3CCN(C)CC3)nc2OCc2ccccc2)cn1.CN1CCN(c2ncc(Sc3ccc(N)nc3)c(OCc3ccccc3)n2)CC1. The van der Waals surface area contributed by atoms with Crippen LogP contribution in [0.1, 0.15) is 11.1 Å². The highest BCUT2D eigenvalue weighted by Crippen LogP contribution is 2.36. The van der Waals surface area contributed by atoms with Gasteiger partial charge < -0.3 is 40.1 Å². The minimum atomic E-state index is -0.299. The lowest BCUT2D eigenvalue weighted by Crippen LogP contribution is -2.45. The number of likely N-dealkylation sites (N-methyl/N-ethyl adjacent to an activating group) is 2. The Balaban J connectivity index is 0.000000188. The van der Waals surface area contributed by atoms with Crippen LogP contribution in [0.15, 0.2) is 142 Å². The number of hydrogen-bond acceptors (Lipinski definition) is 16. The van der Waals surface area contributed by atoms with Crippen LogP contribution in [-0.4, -0.2) is 112 Å². The summed E-state index contributed by atoms with van der Waals surface area (Å²) in [6.45, 7) is 11.8. The van der Waals surface area contributed by atoms with Crippen LogP contribution in [0, 0.1) is 0 Å². The fourth-order valence-electron chi connectivity index (χ4n) is 6.21. The molecule has 6 heterocycles. The monoisotopic (exact) mass is 870 g/mol. The summed E-state index contributed by atoms with van der Waals surface area (Å²) in [4.78, 5) is 51.1. The van der Waals surface area contributed by atoms with Crippen LogP contribution in [-0.2, 0) is 18.0 Å². The van der Waals surface area contributed by atoms with Crippen molar-refractivity contribution >= 4 is 53.0 Å². The Bertz CT molecular complexity index is 2350. The number of hydrogen-bond donors (Lipinski definition) is 2. The molecule has 62 heavy (non-hydrogen) atoms. The number of benzene rings is 2. The van der Waals surface area contributed by atoms with Gasteiger partial charge in [-0.15, -0.1) is 0 Å². The smallest absolute Gasteiger partial charge is 0.248 e. The second kappa shape index (κ2) is 22.0. The molecule has 2 saturated heterocycles. The minimum absolute atomic E-state index is 0.299.